The first-order valence-corrected chi connectivity index (χ1v) is 11.3. The molecule has 0 heterocycles. The molecule has 2 fully saturated rings. The summed E-state index contributed by atoms with van der Waals surface area (Å²) < 4.78 is 58.4. The fourth-order valence-corrected chi connectivity index (χ4v) is 5.85. The minimum Gasteiger partial charge on any atom is -0.402 e. The summed E-state index contributed by atoms with van der Waals surface area (Å²) in [6.45, 7) is 2.23. The van der Waals surface area contributed by atoms with Gasteiger partial charge in [-0.3, -0.25) is 0 Å². The Morgan fingerprint density at radius 3 is 2.50 bits per heavy atom. The third-order valence-electron chi connectivity index (χ3n) is 7.31. The van der Waals surface area contributed by atoms with Crippen molar-refractivity contribution in [3.05, 3.63) is 41.7 Å². The number of hydrogen-bond acceptors (Lipinski definition) is 1. The first-order chi connectivity index (χ1) is 14.4. The van der Waals surface area contributed by atoms with E-state index in [4.69, 9.17) is 0 Å². The Balaban J connectivity index is 1.58. The molecule has 2 aromatic carbocycles. The highest BCUT2D eigenvalue weighted by Gasteiger charge is 2.38. The number of alkyl halides is 3. The lowest BCUT2D eigenvalue weighted by molar-refractivity contribution is -0.275. The molecular weight excluding hydrogens is 392 g/mol. The van der Waals surface area contributed by atoms with Gasteiger partial charge in [0.2, 0.25) is 0 Å². The van der Waals surface area contributed by atoms with E-state index in [1.54, 1.807) is 24.3 Å². The number of unbranched alkanes of at least 4 members (excludes halogenated alkanes) is 1. The zero-order valence-electron chi connectivity index (χ0n) is 17.5. The Hall–Kier alpha value is -1.78. The van der Waals surface area contributed by atoms with Gasteiger partial charge in [-0.1, -0.05) is 56.9 Å². The monoisotopic (exact) mass is 422 g/mol. The molecule has 0 bridgehead atoms. The van der Waals surface area contributed by atoms with E-state index in [1.165, 1.54) is 38.2 Å². The van der Waals surface area contributed by atoms with Crippen LogP contribution in [0.5, 0.6) is 5.75 Å². The maximum Gasteiger partial charge on any atom is 0.573 e. The van der Waals surface area contributed by atoms with Crippen molar-refractivity contribution in [1.29, 1.82) is 0 Å². The van der Waals surface area contributed by atoms with Crippen LogP contribution < -0.4 is 4.74 Å². The molecular formula is C25H30F4O. The average Bonchev–Trinajstić information content (AvgIpc) is 2.73. The first kappa shape index (κ1) is 21.5. The van der Waals surface area contributed by atoms with Crippen LogP contribution in [0, 0.1) is 23.6 Å². The van der Waals surface area contributed by atoms with Gasteiger partial charge in [0.25, 0.3) is 0 Å². The fourth-order valence-electron chi connectivity index (χ4n) is 5.85. The predicted molar refractivity (Wildman–Crippen MR) is 111 cm³/mol. The lowest BCUT2D eigenvalue weighted by Gasteiger charge is -2.42. The number of ether oxygens (including phenoxy) is 1. The molecule has 4 atom stereocenters. The smallest absolute Gasteiger partial charge is 0.402 e. The summed E-state index contributed by atoms with van der Waals surface area (Å²) in [5, 5.41) is 0.764. The van der Waals surface area contributed by atoms with E-state index in [9.17, 15) is 13.2 Å². The molecule has 4 unspecified atom stereocenters. The summed E-state index contributed by atoms with van der Waals surface area (Å²) in [6, 6.07) is 8.32. The summed E-state index contributed by atoms with van der Waals surface area (Å²) in [5.41, 5.74) is 0.388. The van der Waals surface area contributed by atoms with Gasteiger partial charge in [0.05, 0.1) is 0 Å². The second-order valence-corrected chi connectivity index (χ2v) is 9.23. The summed E-state index contributed by atoms with van der Waals surface area (Å²) in [6.07, 6.45) is 5.31. The van der Waals surface area contributed by atoms with Crippen LogP contribution in [-0.4, -0.2) is 6.36 Å². The Kier molecular flexibility index (Phi) is 6.26. The van der Waals surface area contributed by atoms with Crippen molar-refractivity contribution in [2.75, 3.05) is 0 Å². The van der Waals surface area contributed by atoms with Crippen LogP contribution in [0.3, 0.4) is 0 Å². The third kappa shape index (κ3) is 4.60. The largest absolute Gasteiger partial charge is 0.573 e. The molecule has 0 saturated heterocycles. The van der Waals surface area contributed by atoms with E-state index < -0.39 is 17.9 Å². The van der Waals surface area contributed by atoms with Gasteiger partial charge in [0.15, 0.2) is 11.6 Å². The molecule has 30 heavy (non-hydrogen) atoms. The number of benzene rings is 2. The molecule has 4 rings (SSSR count). The van der Waals surface area contributed by atoms with Crippen LogP contribution in [-0.2, 0) is 0 Å². The number of fused-ring (bicyclic) bond motifs is 2. The van der Waals surface area contributed by atoms with Crippen LogP contribution in [0.2, 0.25) is 0 Å². The molecule has 2 aromatic rings. The summed E-state index contributed by atoms with van der Waals surface area (Å²) in [7, 11) is 0. The van der Waals surface area contributed by atoms with Crippen LogP contribution in [0.15, 0.2) is 30.3 Å². The van der Waals surface area contributed by atoms with Crippen molar-refractivity contribution in [3.8, 4) is 5.75 Å². The molecule has 5 heteroatoms. The molecule has 0 N–H and O–H groups in total. The number of hydrogen-bond donors (Lipinski definition) is 0. The highest BCUT2D eigenvalue weighted by Crippen LogP contribution is 2.50. The summed E-state index contributed by atoms with van der Waals surface area (Å²) in [5.74, 6) is 0.489. The Morgan fingerprint density at radius 1 is 1.00 bits per heavy atom. The quantitative estimate of drug-likeness (QED) is 0.440. The summed E-state index contributed by atoms with van der Waals surface area (Å²) in [4.78, 5) is 0. The topological polar surface area (TPSA) is 9.23 Å². The Morgan fingerprint density at radius 2 is 1.73 bits per heavy atom. The molecule has 2 aliphatic carbocycles. The fraction of sp³-hybridized carbons (Fsp3) is 0.600. The minimum absolute atomic E-state index is 0.0429. The van der Waals surface area contributed by atoms with E-state index >= 15 is 4.39 Å². The molecule has 0 amide bonds. The molecule has 2 saturated carbocycles. The third-order valence-corrected chi connectivity index (χ3v) is 7.31. The lowest BCUT2D eigenvalue weighted by Crippen LogP contribution is -2.30. The molecule has 0 spiro atoms. The van der Waals surface area contributed by atoms with E-state index in [0.717, 1.165) is 31.6 Å². The van der Waals surface area contributed by atoms with Crippen molar-refractivity contribution in [2.45, 2.75) is 77.0 Å². The molecule has 164 valence electrons. The lowest BCUT2D eigenvalue weighted by atomic mass is 9.63. The number of rotatable bonds is 5. The van der Waals surface area contributed by atoms with E-state index in [-0.39, 0.29) is 11.3 Å². The van der Waals surface area contributed by atoms with Gasteiger partial charge in [-0.25, -0.2) is 4.39 Å². The maximum atomic E-state index is 15.3. The standard InChI is InChI=1S/C25H30F4O/c1-2-3-6-16-9-10-18-14-20(12-11-17(18)13-16)22-15-19-7-4-5-8-21(19)24(23(22)26)30-25(27,28)29/h4-5,7-8,15-18,20H,2-3,6,9-14H2,1H3. The van der Waals surface area contributed by atoms with Crippen LogP contribution in [0.1, 0.15) is 76.2 Å². The Bertz CT molecular complexity index is 875. The zero-order chi connectivity index (χ0) is 21.3. The molecule has 2 aliphatic rings. The normalized spacial score (nSPS) is 27.1. The van der Waals surface area contributed by atoms with Gasteiger partial charge in [0, 0.05) is 5.39 Å². The molecule has 0 aromatic heterocycles. The molecule has 0 aliphatic heterocycles. The van der Waals surface area contributed by atoms with Crippen molar-refractivity contribution in [3.63, 3.8) is 0 Å². The molecule has 0 radical (unpaired) electrons. The van der Waals surface area contributed by atoms with E-state index in [2.05, 4.69) is 11.7 Å². The SMILES string of the molecule is CCCCC1CCC2CC(c3cc4ccccc4c(OC(F)(F)F)c3F)CCC2C1. The van der Waals surface area contributed by atoms with Gasteiger partial charge in [-0.2, -0.15) is 0 Å². The minimum atomic E-state index is -4.92. The van der Waals surface area contributed by atoms with Gasteiger partial charge < -0.3 is 4.74 Å². The second-order valence-electron chi connectivity index (χ2n) is 9.23. The second kappa shape index (κ2) is 8.76. The van der Waals surface area contributed by atoms with Crippen molar-refractivity contribution >= 4 is 10.8 Å². The highest BCUT2D eigenvalue weighted by molar-refractivity contribution is 5.89. The van der Waals surface area contributed by atoms with Gasteiger partial charge in [-0.05, 0) is 72.8 Å². The van der Waals surface area contributed by atoms with E-state index in [1.807, 2.05) is 0 Å². The van der Waals surface area contributed by atoms with Gasteiger partial charge in [-0.15, -0.1) is 13.2 Å². The predicted octanol–water partition coefficient (Wildman–Crippen LogP) is 8.37. The van der Waals surface area contributed by atoms with Crippen LogP contribution in [0.25, 0.3) is 10.8 Å². The van der Waals surface area contributed by atoms with Gasteiger partial charge >= 0.3 is 6.36 Å². The maximum absolute atomic E-state index is 15.3. The van der Waals surface area contributed by atoms with Gasteiger partial charge in [0.1, 0.15) is 0 Å². The van der Waals surface area contributed by atoms with E-state index in [0.29, 0.717) is 22.8 Å². The molecule has 1 nitrogen and oxygen atoms in total. The Labute approximate surface area is 175 Å². The number of halogens is 4. The van der Waals surface area contributed by atoms with Crippen molar-refractivity contribution < 1.29 is 22.3 Å². The average molecular weight is 423 g/mol. The van der Waals surface area contributed by atoms with Crippen molar-refractivity contribution in [2.24, 2.45) is 17.8 Å². The first-order valence-electron chi connectivity index (χ1n) is 11.3. The van der Waals surface area contributed by atoms with Crippen LogP contribution >= 0.6 is 0 Å². The zero-order valence-corrected chi connectivity index (χ0v) is 17.5. The van der Waals surface area contributed by atoms with Crippen molar-refractivity contribution in [1.82, 2.24) is 0 Å². The van der Waals surface area contributed by atoms with Crippen LogP contribution in [0.4, 0.5) is 17.6 Å². The highest BCUT2D eigenvalue weighted by atomic mass is 19.4. The summed E-state index contributed by atoms with van der Waals surface area (Å²) >= 11 is 0.